The Morgan fingerprint density at radius 2 is 1.93 bits per heavy atom. The molecule has 3 amide bonds. The van der Waals surface area contributed by atoms with Crippen LogP contribution >= 0.6 is 0 Å². The molecule has 0 spiro atoms. The third kappa shape index (κ3) is 3.92. The van der Waals surface area contributed by atoms with E-state index in [9.17, 15) is 14.0 Å². The Hall–Kier alpha value is -2.15. The molecule has 4 fully saturated rings. The van der Waals surface area contributed by atoms with Crippen molar-refractivity contribution in [3.8, 4) is 0 Å². The van der Waals surface area contributed by atoms with Crippen molar-refractivity contribution in [1.82, 2.24) is 14.7 Å². The number of nitrogens with one attached hydrogen (secondary N) is 1. The molecule has 0 aromatic heterocycles. The second-order valence-corrected chi connectivity index (χ2v) is 9.48. The predicted octanol–water partition coefficient (Wildman–Crippen LogP) is 3.15. The van der Waals surface area contributed by atoms with Crippen LogP contribution in [0.15, 0.2) is 24.3 Å². The number of urea groups is 1. The van der Waals surface area contributed by atoms with Crippen molar-refractivity contribution in [2.75, 3.05) is 38.0 Å². The smallest absolute Gasteiger partial charge is 0.321 e. The van der Waals surface area contributed by atoms with Crippen LogP contribution < -0.4 is 5.32 Å². The molecule has 162 valence electrons. The van der Waals surface area contributed by atoms with E-state index in [1.54, 1.807) is 12.1 Å². The van der Waals surface area contributed by atoms with Crippen molar-refractivity contribution < 1.29 is 14.0 Å². The number of hydrogen-bond acceptors (Lipinski definition) is 3. The first-order valence-electron chi connectivity index (χ1n) is 11.4. The second kappa shape index (κ2) is 8.17. The van der Waals surface area contributed by atoms with Crippen LogP contribution in [0.3, 0.4) is 0 Å². The van der Waals surface area contributed by atoms with Crippen molar-refractivity contribution in [2.24, 2.45) is 11.8 Å². The molecule has 30 heavy (non-hydrogen) atoms. The molecule has 4 aliphatic heterocycles. The lowest BCUT2D eigenvalue weighted by molar-refractivity contribution is -0.145. The molecule has 5 rings (SSSR count). The lowest BCUT2D eigenvalue weighted by Crippen LogP contribution is -2.62. The predicted molar refractivity (Wildman–Crippen MR) is 113 cm³/mol. The van der Waals surface area contributed by atoms with E-state index in [4.69, 9.17) is 0 Å². The van der Waals surface area contributed by atoms with Gasteiger partial charge in [0.1, 0.15) is 5.82 Å². The molecule has 1 aromatic carbocycles. The Bertz CT molecular complexity index is 810. The second-order valence-electron chi connectivity index (χ2n) is 9.48. The van der Waals surface area contributed by atoms with Crippen LogP contribution in [0.1, 0.15) is 38.5 Å². The standard InChI is InChI=1S/C23H31FN4O2/c24-18-3-1-4-19(12-18)25-23(30)26-9-7-20(8-10-26)27-13-16-11-17(15-27)21-5-2-6-22(29)28(21)14-16/h1,3-4,12,16-17,20-21H,2,5-11,13-15H2,(H,25,30)/t16?,17?,21-/m1/s1. The maximum absolute atomic E-state index is 13.3. The molecule has 6 nitrogen and oxygen atoms in total. The van der Waals surface area contributed by atoms with E-state index in [-0.39, 0.29) is 11.8 Å². The number of carbonyl (C=O) groups excluding carboxylic acids is 2. The zero-order chi connectivity index (χ0) is 20.7. The van der Waals surface area contributed by atoms with Crippen molar-refractivity contribution in [1.29, 1.82) is 0 Å². The normalized spacial score (nSPS) is 30.2. The van der Waals surface area contributed by atoms with Crippen molar-refractivity contribution >= 4 is 17.6 Å². The van der Waals surface area contributed by atoms with Gasteiger partial charge in [-0.1, -0.05) is 6.07 Å². The summed E-state index contributed by atoms with van der Waals surface area (Å²) in [7, 11) is 0. The Labute approximate surface area is 177 Å². The number of halogens is 1. The minimum absolute atomic E-state index is 0.147. The number of amides is 3. The highest BCUT2D eigenvalue weighted by atomic mass is 19.1. The number of carbonyl (C=O) groups is 2. The molecule has 0 radical (unpaired) electrons. The lowest BCUT2D eigenvalue weighted by atomic mass is 9.75. The van der Waals surface area contributed by atoms with Crippen molar-refractivity contribution in [2.45, 2.75) is 50.6 Å². The minimum atomic E-state index is -0.347. The number of nitrogens with zero attached hydrogens (tertiary/aromatic N) is 3. The molecule has 2 bridgehead atoms. The first-order valence-corrected chi connectivity index (χ1v) is 11.4. The third-order valence-electron chi connectivity index (χ3n) is 7.55. The van der Waals surface area contributed by atoms with Crippen LogP contribution in [0.2, 0.25) is 0 Å². The van der Waals surface area contributed by atoms with E-state index in [1.165, 1.54) is 18.6 Å². The van der Waals surface area contributed by atoms with Crippen LogP contribution in [0.4, 0.5) is 14.9 Å². The van der Waals surface area contributed by atoms with Crippen LogP contribution in [0.5, 0.6) is 0 Å². The van der Waals surface area contributed by atoms with Gasteiger partial charge in [0.15, 0.2) is 0 Å². The molecule has 0 aliphatic carbocycles. The number of benzene rings is 1. The average Bonchev–Trinajstić information content (AvgIpc) is 2.74. The molecule has 3 atom stereocenters. The molecule has 1 N–H and O–H groups in total. The van der Waals surface area contributed by atoms with E-state index < -0.39 is 0 Å². The zero-order valence-electron chi connectivity index (χ0n) is 17.4. The molecular formula is C23H31FN4O2. The number of piperidine rings is 4. The summed E-state index contributed by atoms with van der Waals surface area (Å²) in [6.45, 7) is 4.56. The molecule has 1 aromatic rings. The van der Waals surface area contributed by atoms with Gasteiger partial charge in [-0.2, -0.15) is 0 Å². The summed E-state index contributed by atoms with van der Waals surface area (Å²) in [6, 6.07) is 6.84. The topological polar surface area (TPSA) is 55.9 Å². The van der Waals surface area contributed by atoms with Gasteiger partial charge in [0.25, 0.3) is 0 Å². The van der Waals surface area contributed by atoms with Crippen molar-refractivity contribution in [3.05, 3.63) is 30.1 Å². The number of hydrogen-bond donors (Lipinski definition) is 1. The summed E-state index contributed by atoms with van der Waals surface area (Å²) in [5, 5.41) is 2.81. The molecular weight excluding hydrogens is 383 g/mol. The monoisotopic (exact) mass is 414 g/mol. The summed E-state index contributed by atoms with van der Waals surface area (Å²) in [5.74, 6) is 1.22. The Balaban J connectivity index is 1.15. The van der Waals surface area contributed by atoms with Crippen LogP contribution in [-0.2, 0) is 4.79 Å². The zero-order valence-corrected chi connectivity index (χ0v) is 17.4. The van der Waals surface area contributed by atoms with E-state index >= 15 is 0 Å². The Morgan fingerprint density at radius 3 is 2.73 bits per heavy atom. The van der Waals surface area contributed by atoms with Gasteiger partial charge in [-0.05, 0) is 62.1 Å². The lowest BCUT2D eigenvalue weighted by Gasteiger charge is -2.54. The van der Waals surface area contributed by atoms with E-state index in [1.807, 2.05) is 4.90 Å². The van der Waals surface area contributed by atoms with E-state index in [2.05, 4.69) is 15.1 Å². The highest BCUT2D eigenvalue weighted by Gasteiger charge is 2.45. The minimum Gasteiger partial charge on any atom is -0.339 e. The van der Waals surface area contributed by atoms with Gasteiger partial charge in [-0.25, -0.2) is 9.18 Å². The number of fused-ring (bicyclic) bond motifs is 4. The van der Waals surface area contributed by atoms with Gasteiger partial charge in [-0.15, -0.1) is 0 Å². The average molecular weight is 415 g/mol. The summed E-state index contributed by atoms with van der Waals surface area (Å²) >= 11 is 0. The van der Waals surface area contributed by atoms with Crippen molar-refractivity contribution in [3.63, 3.8) is 0 Å². The quantitative estimate of drug-likeness (QED) is 0.809. The Kier molecular flexibility index (Phi) is 5.39. The molecule has 2 unspecified atom stereocenters. The van der Waals surface area contributed by atoms with Gasteiger partial charge in [-0.3, -0.25) is 9.69 Å². The Morgan fingerprint density at radius 1 is 1.10 bits per heavy atom. The fourth-order valence-electron chi connectivity index (χ4n) is 6.15. The summed E-state index contributed by atoms with van der Waals surface area (Å²) < 4.78 is 13.3. The summed E-state index contributed by atoms with van der Waals surface area (Å²) in [5.41, 5.74) is 0.498. The molecule has 4 aliphatic rings. The highest BCUT2D eigenvalue weighted by molar-refractivity contribution is 5.89. The van der Waals surface area contributed by atoms with Crippen LogP contribution in [0, 0.1) is 17.7 Å². The SMILES string of the molecule is O=C(Nc1cccc(F)c1)N1CCC(N2CC3CC(C2)[C@H]2CCCC(=O)N2C3)CC1. The first-order chi connectivity index (χ1) is 14.6. The van der Waals surface area contributed by atoms with Gasteiger partial charge in [0.05, 0.1) is 0 Å². The van der Waals surface area contributed by atoms with E-state index in [0.717, 1.165) is 64.8 Å². The maximum atomic E-state index is 13.3. The molecule has 4 heterocycles. The molecule has 4 saturated heterocycles. The first kappa shape index (κ1) is 19.8. The van der Waals surface area contributed by atoms with Crippen LogP contribution in [0.25, 0.3) is 0 Å². The summed E-state index contributed by atoms with van der Waals surface area (Å²) in [4.78, 5) is 31.6. The summed E-state index contributed by atoms with van der Waals surface area (Å²) in [6.07, 6.45) is 6.15. The number of anilines is 1. The largest absolute Gasteiger partial charge is 0.339 e. The number of likely N-dealkylation sites (tertiary alicyclic amines) is 2. The van der Waals surface area contributed by atoms with Crippen LogP contribution in [-0.4, -0.2) is 71.4 Å². The third-order valence-corrected chi connectivity index (χ3v) is 7.55. The fraction of sp³-hybridized carbons (Fsp3) is 0.652. The van der Waals surface area contributed by atoms with Gasteiger partial charge >= 0.3 is 6.03 Å². The van der Waals surface area contributed by atoms with Gasteiger partial charge in [0, 0.05) is 56.9 Å². The number of rotatable bonds is 2. The van der Waals surface area contributed by atoms with Gasteiger partial charge in [0.2, 0.25) is 5.91 Å². The molecule has 0 saturated carbocycles. The highest BCUT2D eigenvalue weighted by Crippen LogP contribution is 2.39. The van der Waals surface area contributed by atoms with Gasteiger partial charge < -0.3 is 15.1 Å². The molecule has 7 heteroatoms. The van der Waals surface area contributed by atoms with E-state index in [0.29, 0.717) is 35.5 Å². The fourth-order valence-corrected chi connectivity index (χ4v) is 6.15. The maximum Gasteiger partial charge on any atom is 0.321 e.